The minimum absolute atomic E-state index is 0.356. The SMILES string of the molecule is CC(CC1CCC1)N1Cc2ccccc2CC1C(=O)O. The Bertz CT molecular complexity index is 496. The summed E-state index contributed by atoms with van der Waals surface area (Å²) in [5.41, 5.74) is 2.50. The largest absolute Gasteiger partial charge is 0.480 e. The molecule has 2 atom stereocenters. The number of benzene rings is 1. The Balaban J connectivity index is 1.78. The van der Waals surface area contributed by atoms with E-state index in [1.807, 2.05) is 6.07 Å². The maximum atomic E-state index is 11.6. The first kappa shape index (κ1) is 13.6. The predicted molar refractivity (Wildman–Crippen MR) is 78.5 cm³/mol. The molecule has 0 bridgehead atoms. The smallest absolute Gasteiger partial charge is 0.321 e. The van der Waals surface area contributed by atoms with Gasteiger partial charge in [-0.15, -0.1) is 0 Å². The number of carboxylic acids is 1. The minimum atomic E-state index is -0.681. The van der Waals surface area contributed by atoms with Crippen molar-refractivity contribution in [2.45, 2.75) is 57.7 Å². The predicted octanol–water partition coefficient (Wildman–Crippen LogP) is 3.08. The van der Waals surface area contributed by atoms with Crippen LogP contribution in [0.25, 0.3) is 0 Å². The van der Waals surface area contributed by atoms with Gasteiger partial charge < -0.3 is 5.11 Å². The second-order valence-electron chi connectivity index (χ2n) is 6.38. The van der Waals surface area contributed by atoms with Gasteiger partial charge in [0.2, 0.25) is 0 Å². The van der Waals surface area contributed by atoms with Gasteiger partial charge in [-0.3, -0.25) is 9.69 Å². The fourth-order valence-corrected chi connectivity index (χ4v) is 3.58. The third kappa shape index (κ3) is 2.59. The molecule has 0 amide bonds. The fraction of sp³-hybridized carbons (Fsp3) is 0.588. The summed E-state index contributed by atoms with van der Waals surface area (Å²) in [5, 5.41) is 9.55. The molecule has 1 heterocycles. The number of hydrogen-bond donors (Lipinski definition) is 1. The van der Waals surface area contributed by atoms with Crippen molar-refractivity contribution in [1.82, 2.24) is 4.90 Å². The van der Waals surface area contributed by atoms with E-state index < -0.39 is 5.97 Å². The zero-order chi connectivity index (χ0) is 14.1. The Kier molecular flexibility index (Phi) is 3.79. The summed E-state index contributed by atoms with van der Waals surface area (Å²) in [7, 11) is 0. The summed E-state index contributed by atoms with van der Waals surface area (Å²) in [4.78, 5) is 13.8. The van der Waals surface area contributed by atoms with E-state index in [9.17, 15) is 9.90 Å². The van der Waals surface area contributed by atoms with Crippen LogP contribution in [0, 0.1) is 5.92 Å². The van der Waals surface area contributed by atoms with E-state index >= 15 is 0 Å². The topological polar surface area (TPSA) is 40.5 Å². The van der Waals surface area contributed by atoms with Crippen molar-refractivity contribution >= 4 is 5.97 Å². The average molecular weight is 273 g/mol. The van der Waals surface area contributed by atoms with Crippen molar-refractivity contribution in [2.24, 2.45) is 5.92 Å². The molecule has 3 nitrogen and oxygen atoms in total. The first-order chi connectivity index (χ1) is 9.65. The first-order valence-corrected chi connectivity index (χ1v) is 7.70. The van der Waals surface area contributed by atoms with E-state index in [1.54, 1.807) is 0 Å². The van der Waals surface area contributed by atoms with Crippen molar-refractivity contribution in [3.8, 4) is 0 Å². The molecule has 1 N–H and O–H groups in total. The minimum Gasteiger partial charge on any atom is -0.480 e. The molecule has 3 heteroatoms. The Morgan fingerprint density at radius 3 is 2.65 bits per heavy atom. The van der Waals surface area contributed by atoms with Gasteiger partial charge in [-0.2, -0.15) is 0 Å². The number of carbonyl (C=O) groups is 1. The number of aliphatic carboxylic acids is 1. The van der Waals surface area contributed by atoms with Crippen LogP contribution in [0.3, 0.4) is 0 Å². The Labute approximate surface area is 120 Å². The van der Waals surface area contributed by atoms with Crippen molar-refractivity contribution in [1.29, 1.82) is 0 Å². The molecule has 1 fully saturated rings. The van der Waals surface area contributed by atoms with Crippen LogP contribution in [0.2, 0.25) is 0 Å². The van der Waals surface area contributed by atoms with Gasteiger partial charge in [0, 0.05) is 12.6 Å². The van der Waals surface area contributed by atoms with Crippen LogP contribution in [-0.4, -0.2) is 28.1 Å². The lowest BCUT2D eigenvalue weighted by Crippen LogP contribution is -2.50. The molecule has 2 aliphatic rings. The summed E-state index contributed by atoms with van der Waals surface area (Å²) in [5.74, 6) is 0.136. The third-order valence-corrected chi connectivity index (χ3v) is 5.04. The van der Waals surface area contributed by atoms with Crippen LogP contribution in [0.1, 0.15) is 43.7 Å². The molecule has 2 unspecified atom stereocenters. The van der Waals surface area contributed by atoms with Crippen LogP contribution >= 0.6 is 0 Å². The second kappa shape index (κ2) is 5.57. The van der Waals surface area contributed by atoms with Crippen molar-refractivity contribution in [2.75, 3.05) is 0 Å². The standard InChI is InChI=1S/C17H23NO2/c1-12(9-13-5-4-6-13)18-11-15-8-3-2-7-14(15)10-16(18)17(19)20/h2-3,7-8,12-13,16H,4-6,9-11H2,1H3,(H,19,20). The van der Waals surface area contributed by atoms with Gasteiger partial charge in [-0.1, -0.05) is 43.5 Å². The molecule has 1 aromatic carbocycles. The molecule has 20 heavy (non-hydrogen) atoms. The van der Waals surface area contributed by atoms with Gasteiger partial charge in [0.05, 0.1) is 0 Å². The van der Waals surface area contributed by atoms with E-state index in [0.717, 1.165) is 18.9 Å². The molecule has 1 aliphatic heterocycles. The molecular weight excluding hydrogens is 250 g/mol. The van der Waals surface area contributed by atoms with Crippen LogP contribution < -0.4 is 0 Å². The number of carboxylic acid groups (broad SMARTS) is 1. The summed E-state index contributed by atoms with van der Waals surface area (Å²) in [6, 6.07) is 8.25. The van der Waals surface area contributed by atoms with Crippen LogP contribution in [-0.2, 0) is 17.8 Å². The zero-order valence-corrected chi connectivity index (χ0v) is 12.1. The van der Waals surface area contributed by atoms with Crippen molar-refractivity contribution in [3.05, 3.63) is 35.4 Å². The Hall–Kier alpha value is -1.35. The maximum Gasteiger partial charge on any atom is 0.321 e. The summed E-state index contributed by atoms with van der Waals surface area (Å²) in [6.45, 7) is 2.98. The van der Waals surface area contributed by atoms with E-state index in [-0.39, 0.29) is 6.04 Å². The van der Waals surface area contributed by atoms with Crippen molar-refractivity contribution in [3.63, 3.8) is 0 Å². The van der Waals surface area contributed by atoms with Gasteiger partial charge in [0.1, 0.15) is 6.04 Å². The number of rotatable bonds is 4. The van der Waals surface area contributed by atoms with Crippen LogP contribution in [0.15, 0.2) is 24.3 Å². The monoisotopic (exact) mass is 273 g/mol. The lowest BCUT2D eigenvalue weighted by atomic mass is 9.80. The normalized spacial score (nSPS) is 24.8. The average Bonchev–Trinajstić information content (AvgIpc) is 2.41. The molecule has 1 aromatic rings. The molecule has 3 rings (SSSR count). The molecular formula is C17H23NO2. The maximum absolute atomic E-state index is 11.6. The highest BCUT2D eigenvalue weighted by Crippen LogP contribution is 2.34. The molecule has 1 saturated carbocycles. The van der Waals surface area contributed by atoms with Crippen LogP contribution in [0.4, 0.5) is 0 Å². The molecule has 108 valence electrons. The van der Waals surface area contributed by atoms with Gasteiger partial charge in [-0.05, 0) is 36.8 Å². The fourth-order valence-electron chi connectivity index (χ4n) is 3.58. The molecule has 0 radical (unpaired) electrons. The Morgan fingerprint density at radius 1 is 1.35 bits per heavy atom. The second-order valence-corrected chi connectivity index (χ2v) is 6.38. The molecule has 0 aromatic heterocycles. The highest BCUT2D eigenvalue weighted by atomic mass is 16.4. The number of hydrogen-bond acceptors (Lipinski definition) is 2. The van der Waals surface area contributed by atoms with E-state index in [2.05, 4.69) is 30.0 Å². The quantitative estimate of drug-likeness (QED) is 0.916. The van der Waals surface area contributed by atoms with Gasteiger partial charge in [0.15, 0.2) is 0 Å². The van der Waals surface area contributed by atoms with Crippen molar-refractivity contribution < 1.29 is 9.90 Å². The number of nitrogens with zero attached hydrogens (tertiary/aromatic N) is 1. The summed E-state index contributed by atoms with van der Waals surface area (Å²) >= 11 is 0. The van der Waals surface area contributed by atoms with Gasteiger partial charge in [0.25, 0.3) is 0 Å². The highest BCUT2D eigenvalue weighted by Gasteiger charge is 2.35. The lowest BCUT2D eigenvalue weighted by molar-refractivity contribution is -0.145. The first-order valence-electron chi connectivity index (χ1n) is 7.70. The summed E-state index contributed by atoms with van der Waals surface area (Å²) < 4.78 is 0. The molecule has 1 aliphatic carbocycles. The van der Waals surface area contributed by atoms with E-state index in [4.69, 9.17) is 0 Å². The molecule has 0 spiro atoms. The Morgan fingerprint density at radius 2 is 2.05 bits per heavy atom. The number of fused-ring (bicyclic) bond motifs is 1. The van der Waals surface area contributed by atoms with E-state index in [0.29, 0.717) is 12.5 Å². The van der Waals surface area contributed by atoms with E-state index in [1.165, 1.54) is 30.4 Å². The summed E-state index contributed by atoms with van der Waals surface area (Å²) in [6.07, 6.45) is 5.79. The van der Waals surface area contributed by atoms with Crippen LogP contribution in [0.5, 0.6) is 0 Å². The van der Waals surface area contributed by atoms with Gasteiger partial charge in [-0.25, -0.2) is 0 Å². The lowest BCUT2D eigenvalue weighted by Gasteiger charge is -2.41. The highest BCUT2D eigenvalue weighted by molar-refractivity contribution is 5.74. The third-order valence-electron chi connectivity index (χ3n) is 5.04. The van der Waals surface area contributed by atoms with Gasteiger partial charge >= 0.3 is 5.97 Å². The molecule has 0 saturated heterocycles. The zero-order valence-electron chi connectivity index (χ0n) is 12.1.